The first-order chi connectivity index (χ1) is 7.48. The minimum atomic E-state index is -4.14. The zero-order valence-electron chi connectivity index (χ0n) is 9.16. The van der Waals surface area contributed by atoms with Crippen molar-refractivity contribution in [2.45, 2.75) is 12.4 Å². The largest absolute Gasteiger partial charge is 0.394 e. The molecule has 0 aliphatic heterocycles. The van der Waals surface area contributed by atoms with E-state index in [1.54, 1.807) is 0 Å². The third-order valence-electron chi connectivity index (χ3n) is 1.61. The average molecular weight is 258 g/mol. The summed E-state index contributed by atoms with van der Waals surface area (Å²) in [4.78, 5) is 0. The van der Waals surface area contributed by atoms with Crippen LogP contribution >= 0.6 is 0 Å². The lowest BCUT2D eigenvalue weighted by Crippen LogP contribution is -2.22. The van der Waals surface area contributed by atoms with Crippen molar-refractivity contribution in [1.29, 1.82) is 0 Å². The lowest BCUT2D eigenvalue weighted by atomic mass is 10.7. The molecule has 0 spiro atoms. The summed E-state index contributed by atoms with van der Waals surface area (Å²) in [6, 6.07) is 0. The summed E-state index contributed by atoms with van der Waals surface area (Å²) in [7, 11) is -4.14. The van der Waals surface area contributed by atoms with Gasteiger partial charge < -0.3 is 19.3 Å². The van der Waals surface area contributed by atoms with Crippen LogP contribution in [0.3, 0.4) is 0 Å². The van der Waals surface area contributed by atoms with Crippen molar-refractivity contribution in [1.82, 2.24) is 0 Å². The molecule has 0 rings (SSSR count). The maximum atomic E-state index is 10.5. The molecule has 0 amide bonds. The van der Waals surface area contributed by atoms with E-state index in [-0.39, 0.29) is 26.4 Å². The van der Waals surface area contributed by atoms with Gasteiger partial charge in [-0.25, -0.2) is 0 Å². The fourth-order valence-corrected chi connectivity index (χ4v) is 1.01. The highest BCUT2D eigenvalue weighted by Crippen LogP contribution is 1.98. The number of aliphatic hydroxyl groups excluding tert-OH is 1. The van der Waals surface area contributed by atoms with E-state index in [0.29, 0.717) is 13.2 Å². The van der Waals surface area contributed by atoms with Gasteiger partial charge in [-0.05, 0) is 6.92 Å². The molecule has 7 nitrogen and oxygen atoms in total. The van der Waals surface area contributed by atoms with Crippen molar-refractivity contribution in [3.8, 4) is 0 Å². The van der Waals surface area contributed by atoms with E-state index in [1.165, 1.54) is 6.92 Å². The van der Waals surface area contributed by atoms with Gasteiger partial charge in [-0.15, -0.1) is 0 Å². The summed E-state index contributed by atoms with van der Waals surface area (Å²) >= 11 is 0. The topological polar surface area (TPSA) is 102 Å². The zero-order valence-corrected chi connectivity index (χ0v) is 9.98. The van der Waals surface area contributed by atoms with Crippen molar-refractivity contribution in [3.63, 3.8) is 0 Å². The minimum Gasteiger partial charge on any atom is -0.394 e. The molecule has 0 saturated heterocycles. The van der Waals surface area contributed by atoms with Gasteiger partial charge >= 0.3 is 0 Å². The number of hydrogen-bond donors (Lipinski definition) is 2. The maximum Gasteiger partial charge on any atom is 0.291 e. The summed E-state index contributed by atoms with van der Waals surface area (Å²) in [5, 5.41) is 8.38. The molecule has 0 aromatic carbocycles. The van der Waals surface area contributed by atoms with Crippen LogP contribution in [0.25, 0.3) is 0 Å². The van der Waals surface area contributed by atoms with Crippen molar-refractivity contribution in [2.75, 3.05) is 39.6 Å². The molecule has 0 aliphatic rings. The van der Waals surface area contributed by atoms with E-state index < -0.39 is 15.6 Å². The molecule has 1 atom stereocenters. The molecule has 2 N–H and O–H groups in total. The van der Waals surface area contributed by atoms with E-state index in [1.807, 2.05) is 0 Å². The first-order valence-electron chi connectivity index (χ1n) is 4.82. The molecular weight excluding hydrogens is 240 g/mol. The third kappa shape index (κ3) is 9.01. The second kappa shape index (κ2) is 8.85. The Morgan fingerprint density at radius 2 is 1.56 bits per heavy atom. The zero-order chi connectivity index (χ0) is 12.4. The van der Waals surface area contributed by atoms with Crippen LogP contribution in [0.15, 0.2) is 0 Å². The first-order valence-corrected chi connectivity index (χ1v) is 6.33. The van der Waals surface area contributed by atoms with Gasteiger partial charge in [0.05, 0.1) is 39.6 Å². The Bertz CT molecular complexity index is 251. The molecule has 0 saturated carbocycles. The lowest BCUT2D eigenvalue weighted by molar-refractivity contribution is 0.00319. The highest BCUT2D eigenvalue weighted by Gasteiger charge is 2.16. The fourth-order valence-electron chi connectivity index (χ4n) is 0.746. The third-order valence-corrected chi connectivity index (χ3v) is 2.58. The van der Waals surface area contributed by atoms with Gasteiger partial charge in [-0.3, -0.25) is 4.55 Å². The van der Waals surface area contributed by atoms with E-state index in [2.05, 4.69) is 0 Å². The minimum absolute atomic E-state index is 0.0328. The van der Waals surface area contributed by atoms with Crippen molar-refractivity contribution >= 4 is 10.1 Å². The van der Waals surface area contributed by atoms with Crippen molar-refractivity contribution in [3.05, 3.63) is 0 Å². The van der Waals surface area contributed by atoms with Crippen LogP contribution in [0.5, 0.6) is 0 Å². The summed E-state index contributed by atoms with van der Waals surface area (Å²) in [5.41, 5.74) is -1.25. The summed E-state index contributed by atoms with van der Waals surface area (Å²) < 4.78 is 44.3. The normalized spacial score (nSPS) is 13.9. The maximum absolute atomic E-state index is 10.5. The van der Waals surface area contributed by atoms with Crippen LogP contribution < -0.4 is 0 Å². The van der Waals surface area contributed by atoms with Crippen LogP contribution in [-0.2, 0) is 24.3 Å². The Labute approximate surface area is 95.1 Å². The van der Waals surface area contributed by atoms with Gasteiger partial charge in [0, 0.05) is 0 Å². The highest BCUT2D eigenvalue weighted by molar-refractivity contribution is 7.86. The van der Waals surface area contributed by atoms with Crippen LogP contribution in [0.4, 0.5) is 0 Å². The van der Waals surface area contributed by atoms with Gasteiger partial charge in [-0.1, -0.05) is 0 Å². The monoisotopic (exact) mass is 258 g/mol. The summed E-state index contributed by atoms with van der Waals surface area (Å²) in [5.74, 6) is 0. The molecule has 0 aromatic rings. The Morgan fingerprint density at radius 3 is 2.06 bits per heavy atom. The molecule has 1 unspecified atom stereocenters. The van der Waals surface area contributed by atoms with E-state index in [9.17, 15) is 8.42 Å². The second-order valence-electron chi connectivity index (χ2n) is 2.90. The van der Waals surface area contributed by atoms with Crippen molar-refractivity contribution < 1.29 is 32.3 Å². The number of ether oxygens (including phenoxy) is 3. The van der Waals surface area contributed by atoms with E-state index in [0.717, 1.165) is 0 Å². The molecule has 0 radical (unpaired) electrons. The van der Waals surface area contributed by atoms with Gasteiger partial charge in [0.1, 0.15) is 0 Å². The SMILES string of the molecule is CC(OCCOCCOCCO)S(=O)(=O)O. The van der Waals surface area contributed by atoms with Crippen LogP contribution in [0.2, 0.25) is 0 Å². The smallest absolute Gasteiger partial charge is 0.291 e. The standard InChI is InChI=1S/C8H18O7S/c1-8(16(10,11)12)15-7-6-14-5-4-13-3-2-9/h8-9H,2-7H2,1H3,(H,10,11,12). The molecule has 98 valence electrons. The lowest BCUT2D eigenvalue weighted by Gasteiger charge is -2.10. The first kappa shape index (κ1) is 15.8. The molecule has 8 heteroatoms. The molecule has 0 aliphatic carbocycles. The van der Waals surface area contributed by atoms with Crippen LogP contribution in [0.1, 0.15) is 6.92 Å². The average Bonchev–Trinajstić information content (AvgIpc) is 2.20. The number of rotatable bonds is 10. The highest BCUT2D eigenvalue weighted by atomic mass is 32.2. The molecule has 0 bridgehead atoms. The Hall–Kier alpha value is -0.250. The van der Waals surface area contributed by atoms with Gasteiger partial charge in [0.2, 0.25) is 0 Å². The summed E-state index contributed by atoms with van der Waals surface area (Å²) in [6.07, 6.45) is 0. The molecule has 0 fully saturated rings. The predicted molar refractivity (Wildman–Crippen MR) is 55.7 cm³/mol. The fraction of sp³-hybridized carbons (Fsp3) is 1.00. The quantitative estimate of drug-likeness (QED) is 0.393. The number of aliphatic hydroxyl groups is 1. The van der Waals surface area contributed by atoms with Crippen LogP contribution in [-0.4, -0.2) is 63.2 Å². The van der Waals surface area contributed by atoms with E-state index in [4.69, 9.17) is 23.9 Å². The molecular formula is C8H18O7S. The Morgan fingerprint density at radius 1 is 1.06 bits per heavy atom. The van der Waals surface area contributed by atoms with Gasteiger partial charge in [0.25, 0.3) is 10.1 Å². The molecule has 16 heavy (non-hydrogen) atoms. The molecule has 0 heterocycles. The Kier molecular flexibility index (Phi) is 8.71. The summed E-state index contributed by atoms with van der Waals surface area (Å²) in [6.45, 7) is 2.44. The Balaban J connectivity index is 3.28. The van der Waals surface area contributed by atoms with E-state index >= 15 is 0 Å². The van der Waals surface area contributed by atoms with Crippen molar-refractivity contribution in [2.24, 2.45) is 0 Å². The van der Waals surface area contributed by atoms with Crippen LogP contribution in [0, 0.1) is 0 Å². The van der Waals surface area contributed by atoms with Gasteiger partial charge in [-0.2, -0.15) is 8.42 Å². The predicted octanol–water partition coefficient (Wildman–Crippen LogP) is -0.738. The molecule has 0 aromatic heterocycles. The second-order valence-corrected chi connectivity index (χ2v) is 4.60. The number of hydrogen-bond acceptors (Lipinski definition) is 6. The van der Waals surface area contributed by atoms with Gasteiger partial charge in [0.15, 0.2) is 5.44 Å².